The minimum Gasteiger partial charge on any atom is -0.497 e. The maximum Gasteiger partial charge on any atom is 0.330 e. The highest BCUT2D eigenvalue weighted by Gasteiger charge is 2.53. The van der Waals surface area contributed by atoms with Crippen molar-refractivity contribution >= 4 is 37.3 Å². The number of imidazole rings is 1. The fourth-order valence-electron chi connectivity index (χ4n) is 14.4. The third-order valence-corrected chi connectivity index (χ3v) is 21.3. The van der Waals surface area contributed by atoms with Gasteiger partial charge in [-0.3, -0.25) is 28.5 Å². The number of anilines is 1. The minimum absolute atomic E-state index is 0.0603. The molecule has 23 nitrogen and oxygen atoms in total. The van der Waals surface area contributed by atoms with Crippen LogP contribution in [0.25, 0.3) is 11.2 Å². The molecule has 2 saturated heterocycles. The molecule has 2 unspecified atom stereocenters. The summed E-state index contributed by atoms with van der Waals surface area (Å²) in [7, 11) is 4.10. The van der Waals surface area contributed by atoms with Gasteiger partial charge in [0.25, 0.3) is 20.0 Å². The van der Waals surface area contributed by atoms with Crippen LogP contribution in [-0.4, -0.2) is 147 Å². The smallest absolute Gasteiger partial charge is 0.330 e. The number of nitrogens with one attached hydrogen (secondary N) is 2. The fourth-order valence-corrected chi connectivity index (χ4v) is 15.6. The van der Waals surface area contributed by atoms with Crippen molar-refractivity contribution in [2.45, 2.75) is 192 Å². The van der Waals surface area contributed by atoms with Gasteiger partial charge in [-0.25, -0.2) is 24.4 Å². The highest BCUT2D eigenvalue weighted by atomic mass is 31.2. The number of hydrogen-bond donors (Lipinski definition) is 3. The lowest BCUT2D eigenvalue weighted by molar-refractivity contribution is -0.137. The SMILES string of the molecule is CCCCCCCCCCCCCCCCCN(C[C@@H]1O[C@@H](n2ccc(=O)[nH]c2=O)[C@H](OC)[C@@H]1C(C#N)COP(O)N(C(C)C)C(C)C)C(=O)C[C@H]1[C@@H](OC)[C@H](n2cnc3c(NC(=O)c4ccccc4)ncnc32)O[C@@H]1COC(c1ccccc1)(c1ccc(OC)cc1)c1ccc(OC)cc1. The van der Waals surface area contributed by atoms with Gasteiger partial charge in [0, 0.05) is 75.5 Å². The van der Waals surface area contributed by atoms with Crippen LogP contribution < -0.4 is 26.0 Å². The van der Waals surface area contributed by atoms with E-state index in [1.807, 2.05) is 117 Å². The number of H-pyrrole nitrogens is 1. The Morgan fingerprint density at radius 2 is 1.24 bits per heavy atom. The molecule has 544 valence electrons. The van der Waals surface area contributed by atoms with E-state index >= 15 is 4.79 Å². The number of aromatic amines is 1. The number of ether oxygens (including phenoxy) is 7. The van der Waals surface area contributed by atoms with E-state index in [1.54, 1.807) is 61.4 Å². The lowest BCUT2D eigenvalue weighted by atomic mass is 9.79. The van der Waals surface area contributed by atoms with Gasteiger partial charge in [0.15, 0.2) is 29.4 Å². The third kappa shape index (κ3) is 19.5. The largest absolute Gasteiger partial charge is 0.497 e. The molecule has 0 saturated carbocycles. The summed E-state index contributed by atoms with van der Waals surface area (Å²) in [6.45, 7) is 9.97. The van der Waals surface area contributed by atoms with Crippen molar-refractivity contribution in [3.05, 3.63) is 177 Å². The average Bonchev–Trinajstić information content (AvgIpc) is 1.75. The van der Waals surface area contributed by atoms with Crippen molar-refractivity contribution in [2.75, 3.05) is 60.1 Å². The Hall–Kier alpha value is -7.75. The number of carbonyl (C=O) groups excluding carboxylic acids is 2. The number of rotatable bonds is 41. The first-order valence-electron chi connectivity index (χ1n) is 35.9. The molecule has 7 aromatic rings. The molecule has 2 amide bonds. The van der Waals surface area contributed by atoms with E-state index in [9.17, 15) is 24.5 Å². The molecule has 3 aromatic heterocycles. The number of methoxy groups -OCH3 is 4. The van der Waals surface area contributed by atoms with E-state index in [-0.39, 0.29) is 55.5 Å². The minimum atomic E-state index is -2.17. The number of benzene rings is 4. The fraction of sp³-hybridized carbons (Fsp3) is 0.532. The second-order valence-electron chi connectivity index (χ2n) is 26.8. The summed E-state index contributed by atoms with van der Waals surface area (Å²) in [5.41, 5.74) is 0.707. The van der Waals surface area contributed by atoms with Crippen LogP contribution in [0.3, 0.4) is 0 Å². The van der Waals surface area contributed by atoms with Gasteiger partial charge in [-0.05, 0) is 87.2 Å². The maximum atomic E-state index is 16.2. The van der Waals surface area contributed by atoms with Crippen LogP contribution >= 0.6 is 8.53 Å². The van der Waals surface area contributed by atoms with E-state index in [0.29, 0.717) is 35.7 Å². The summed E-state index contributed by atoms with van der Waals surface area (Å²) in [6.07, 6.45) is 15.5. The third-order valence-electron chi connectivity index (χ3n) is 19.6. The zero-order chi connectivity index (χ0) is 71.8. The molecule has 9 rings (SSSR count). The molecular formula is C77H103N10O13P. The molecule has 0 bridgehead atoms. The summed E-state index contributed by atoms with van der Waals surface area (Å²) in [5, 5.41) is 14.2. The predicted molar refractivity (Wildman–Crippen MR) is 388 cm³/mol. The monoisotopic (exact) mass is 1410 g/mol. The predicted octanol–water partition coefficient (Wildman–Crippen LogP) is 13.3. The summed E-state index contributed by atoms with van der Waals surface area (Å²) in [6, 6.07) is 37.6. The van der Waals surface area contributed by atoms with Crippen LogP contribution in [0.5, 0.6) is 11.5 Å². The molecule has 3 N–H and O–H groups in total. The number of fused-ring (bicyclic) bond motifs is 1. The second-order valence-corrected chi connectivity index (χ2v) is 28.0. The molecule has 24 heteroatoms. The van der Waals surface area contributed by atoms with Crippen LogP contribution in [0, 0.1) is 29.1 Å². The Balaban J connectivity index is 1.09. The van der Waals surface area contributed by atoms with E-state index in [0.717, 1.165) is 42.4 Å². The molecule has 5 heterocycles. The number of carbonyl (C=O) groups is 2. The summed E-state index contributed by atoms with van der Waals surface area (Å²) < 4.78 is 57.1. The van der Waals surface area contributed by atoms with Crippen LogP contribution in [0.15, 0.2) is 144 Å². The second kappa shape index (κ2) is 38.5. The highest BCUT2D eigenvalue weighted by Crippen LogP contribution is 2.48. The van der Waals surface area contributed by atoms with Gasteiger partial charge in [0.2, 0.25) is 5.91 Å². The standard InChI is InChI=1S/C77H103N10O13P/c1-10-11-12-13-14-15-16-17-18-19-20-21-22-23-30-44-84(48-63-67(56(47-78)49-98-101(92)87(53(2)3)54(4)5)70(96-9)75(99-63)85-45-43-65(88)82-76(85)91)66(89)46-62-64(100-74(69(62)95-8)86-52-81-68-71(79-51-80-72(68)86)83-73(90)55-31-26-24-27-32-55)50-97-77(57-33-28-25-29-34-57,58-35-39-60(93-6)40-36-58)59-37-41-61(94-7)42-38-59/h24-29,31-43,45,51-54,56,62-64,67,69-70,74-75,92H,10-23,30,44,46,48-50H2,1-9H3,(H,82,88,91)(H,79,80,83,90)/t56?,62-,63+,64-,67-,69-,70-,74-,75-,101?/m1/s1. The van der Waals surface area contributed by atoms with Crippen LogP contribution in [0.2, 0.25) is 0 Å². The first-order chi connectivity index (χ1) is 49.1. The van der Waals surface area contributed by atoms with Crippen molar-refractivity contribution in [1.29, 1.82) is 5.26 Å². The number of nitriles is 1. The maximum absolute atomic E-state index is 16.2. The Labute approximate surface area is 595 Å². The van der Waals surface area contributed by atoms with Crippen LogP contribution in [0.4, 0.5) is 5.82 Å². The van der Waals surface area contributed by atoms with Crippen molar-refractivity contribution < 1.29 is 52.2 Å². The van der Waals surface area contributed by atoms with Gasteiger partial charge in [-0.1, -0.05) is 170 Å². The molecule has 10 atom stereocenters. The number of unbranched alkanes of at least 4 members (excludes halogenated alkanes) is 14. The number of amides is 2. The summed E-state index contributed by atoms with van der Waals surface area (Å²) >= 11 is 0. The van der Waals surface area contributed by atoms with Gasteiger partial charge in [0.1, 0.15) is 35.6 Å². The molecule has 0 radical (unpaired) electrons. The first kappa shape index (κ1) is 77.4. The highest BCUT2D eigenvalue weighted by molar-refractivity contribution is 7.43. The lowest BCUT2D eigenvalue weighted by Crippen LogP contribution is -2.45. The molecule has 2 fully saturated rings. The van der Waals surface area contributed by atoms with Gasteiger partial charge in [-0.2, -0.15) is 5.26 Å². The summed E-state index contributed by atoms with van der Waals surface area (Å²) in [5.74, 6) is -1.82. The molecule has 0 spiro atoms. The van der Waals surface area contributed by atoms with E-state index < -0.39 is 85.9 Å². The van der Waals surface area contributed by atoms with Crippen molar-refractivity contribution in [3.8, 4) is 17.6 Å². The Bertz CT molecular complexity index is 3780. The summed E-state index contributed by atoms with van der Waals surface area (Å²) in [4.78, 5) is 85.8. The van der Waals surface area contributed by atoms with E-state index in [4.69, 9.17) is 47.6 Å². The van der Waals surface area contributed by atoms with E-state index in [1.165, 1.54) is 94.5 Å². The number of aromatic nitrogens is 6. The van der Waals surface area contributed by atoms with Gasteiger partial charge in [0.05, 0.1) is 58.0 Å². The molecule has 101 heavy (non-hydrogen) atoms. The zero-order valence-corrected chi connectivity index (χ0v) is 61.0. The Kier molecular flexibility index (Phi) is 29.5. The van der Waals surface area contributed by atoms with Crippen LogP contribution in [-0.2, 0) is 38.6 Å². The molecule has 4 aromatic carbocycles. The zero-order valence-electron chi connectivity index (χ0n) is 60.1. The van der Waals surface area contributed by atoms with Crippen molar-refractivity contribution in [1.82, 2.24) is 38.6 Å². The number of hydrogen-bond acceptors (Lipinski definition) is 18. The molecule has 2 aliphatic rings. The first-order valence-corrected chi connectivity index (χ1v) is 37.0. The molecular weight excluding hydrogens is 1300 g/mol. The van der Waals surface area contributed by atoms with Gasteiger partial charge >= 0.3 is 5.69 Å². The Morgan fingerprint density at radius 1 is 0.693 bits per heavy atom. The lowest BCUT2D eigenvalue weighted by Gasteiger charge is -2.37. The van der Waals surface area contributed by atoms with Crippen LogP contribution in [0.1, 0.15) is 177 Å². The van der Waals surface area contributed by atoms with Gasteiger partial charge in [-0.15, -0.1) is 0 Å². The normalized spacial score (nSPS) is 19.8. The number of nitrogens with zero attached hydrogens (tertiary/aromatic N) is 8. The van der Waals surface area contributed by atoms with Crippen molar-refractivity contribution in [3.63, 3.8) is 0 Å². The van der Waals surface area contributed by atoms with E-state index in [2.05, 4.69) is 28.3 Å². The Morgan fingerprint density at radius 3 is 1.78 bits per heavy atom. The quantitative estimate of drug-likeness (QED) is 0.0183. The topological polar surface area (TPSA) is 269 Å². The molecule has 2 aliphatic heterocycles. The molecule has 0 aliphatic carbocycles. The average molecular weight is 1410 g/mol. The van der Waals surface area contributed by atoms with Gasteiger partial charge < -0.3 is 52.8 Å². The van der Waals surface area contributed by atoms with Crippen molar-refractivity contribution in [2.24, 2.45) is 17.8 Å².